The van der Waals surface area contributed by atoms with E-state index in [1.807, 2.05) is 6.07 Å². The van der Waals surface area contributed by atoms with Crippen molar-refractivity contribution >= 4 is 0 Å². The molecule has 23 heavy (non-hydrogen) atoms. The normalized spacial score (nSPS) is 15.1. The maximum atomic E-state index is 10.7. The first-order valence-electron chi connectivity index (χ1n) is 7.33. The Morgan fingerprint density at radius 1 is 0.870 bits per heavy atom. The Hall–Kier alpha value is -0.206. The van der Waals surface area contributed by atoms with Gasteiger partial charge in [-0.2, -0.15) is 0 Å². The molecule has 0 saturated carbocycles. The van der Waals surface area contributed by atoms with Crippen molar-refractivity contribution in [2.75, 3.05) is 0 Å². The van der Waals surface area contributed by atoms with Crippen LogP contribution >= 0.6 is 0 Å². The van der Waals surface area contributed by atoms with Crippen molar-refractivity contribution < 1.29 is 51.6 Å². The zero-order valence-corrected chi connectivity index (χ0v) is 18.1. The van der Waals surface area contributed by atoms with Crippen LogP contribution in [0.5, 0.6) is 5.75 Å². The number of rotatable bonds is 1. The van der Waals surface area contributed by atoms with E-state index in [0.717, 1.165) is 11.1 Å². The van der Waals surface area contributed by atoms with Gasteiger partial charge in [0.25, 0.3) is 0 Å². The molecule has 0 aromatic heterocycles. The summed E-state index contributed by atoms with van der Waals surface area (Å²) in [6.07, 6.45) is 0. The van der Waals surface area contributed by atoms with Gasteiger partial charge in [0.05, 0.1) is 0 Å². The Bertz CT molecular complexity index is 601. The van der Waals surface area contributed by atoms with Gasteiger partial charge in [-0.25, -0.2) is 0 Å². The van der Waals surface area contributed by atoms with E-state index >= 15 is 0 Å². The Kier molecular flexibility index (Phi) is 9.54. The van der Waals surface area contributed by atoms with Crippen LogP contribution in [0.4, 0.5) is 0 Å². The molecule has 0 atom stereocenters. The van der Waals surface area contributed by atoms with E-state index in [2.05, 4.69) is 60.6 Å². The molecule has 1 aliphatic rings. The Balaban J connectivity index is 0. The second-order valence-electron chi connectivity index (χ2n) is 7.04. The molecule has 0 aliphatic heterocycles. The van der Waals surface area contributed by atoms with E-state index in [-0.39, 0.29) is 57.9 Å². The fraction of sp³-hybridized carbons (Fsp3) is 0.474. The molecule has 0 heterocycles. The van der Waals surface area contributed by atoms with E-state index in [1.165, 1.54) is 22.3 Å². The van der Waals surface area contributed by atoms with Crippen LogP contribution < -0.4 is 24.8 Å². The number of benzene rings is 1. The van der Waals surface area contributed by atoms with Crippen LogP contribution in [-0.2, 0) is 27.1 Å². The number of phenols is 1. The van der Waals surface area contributed by atoms with Crippen molar-refractivity contribution in [1.29, 1.82) is 0 Å². The molecule has 0 bridgehead atoms. The van der Waals surface area contributed by atoms with E-state index in [0.29, 0.717) is 5.75 Å². The molecule has 1 aliphatic carbocycles. The van der Waals surface area contributed by atoms with E-state index in [9.17, 15) is 5.11 Å². The van der Waals surface area contributed by atoms with Gasteiger partial charge in [-0.1, -0.05) is 50.1 Å². The molecule has 0 amide bonds. The first-order chi connectivity index (χ1) is 9.16. The summed E-state index contributed by atoms with van der Waals surface area (Å²) in [6.45, 7) is 15.1. The minimum atomic E-state index is -0.0436. The molecular weight excluding hydrogens is 363 g/mol. The quantitative estimate of drug-likeness (QED) is 0.641. The number of halogens is 2. The van der Waals surface area contributed by atoms with Crippen molar-refractivity contribution in [3.8, 4) is 5.75 Å². The fourth-order valence-corrected chi connectivity index (χ4v) is 3.22. The second-order valence-corrected chi connectivity index (χ2v) is 7.04. The predicted octanol–water partition coefficient (Wildman–Crippen LogP) is -0.535. The molecule has 0 fully saturated rings. The van der Waals surface area contributed by atoms with Crippen molar-refractivity contribution in [2.24, 2.45) is 0 Å². The minimum absolute atomic E-state index is 0. The SMILES string of the molecule is CC1=C(C)C(c2cccc(C(C)(C)C)c2O)C(C)=C1C.[Cl-].[Cl-].[Ti+2]. The second kappa shape index (κ2) is 8.76. The van der Waals surface area contributed by atoms with E-state index < -0.39 is 0 Å². The summed E-state index contributed by atoms with van der Waals surface area (Å²) in [5.41, 5.74) is 7.49. The molecule has 0 unspecified atom stereocenters. The van der Waals surface area contributed by atoms with Crippen molar-refractivity contribution in [3.05, 3.63) is 51.6 Å². The largest absolute Gasteiger partial charge is 2.00 e. The van der Waals surface area contributed by atoms with Gasteiger partial charge >= 0.3 is 21.7 Å². The Morgan fingerprint density at radius 2 is 1.30 bits per heavy atom. The van der Waals surface area contributed by atoms with E-state index in [1.54, 1.807) is 0 Å². The number of aromatic hydroxyl groups is 1. The standard InChI is InChI=1S/C19H26O.2ClH.Ti/c1-11-12(2)14(4)17(13(11)3)15-9-8-10-16(18(15)20)19(5,6)7;;;/h8-10,17,20H,1-7H3;2*1H;/q;;;+2/p-2. The zero-order valence-electron chi connectivity index (χ0n) is 15.0. The smallest absolute Gasteiger partial charge is 1.00 e. The van der Waals surface area contributed by atoms with Gasteiger partial charge in [0.15, 0.2) is 0 Å². The average Bonchev–Trinajstić information content (AvgIpc) is 2.54. The van der Waals surface area contributed by atoms with Gasteiger partial charge in [0.2, 0.25) is 0 Å². The van der Waals surface area contributed by atoms with Gasteiger partial charge in [-0.15, -0.1) is 0 Å². The molecule has 1 nitrogen and oxygen atoms in total. The first-order valence-corrected chi connectivity index (χ1v) is 7.33. The summed E-state index contributed by atoms with van der Waals surface area (Å²) >= 11 is 0. The maximum absolute atomic E-state index is 10.7. The monoisotopic (exact) mass is 388 g/mol. The Morgan fingerprint density at radius 3 is 1.70 bits per heavy atom. The molecule has 1 aromatic rings. The topological polar surface area (TPSA) is 20.2 Å². The maximum Gasteiger partial charge on any atom is 2.00 e. The fourth-order valence-electron chi connectivity index (χ4n) is 3.22. The molecular formula is C19H26Cl2OTi. The van der Waals surface area contributed by atoms with E-state index in [4.69, 9.17) is 0 Å². The minimum Gasteiger partial charge on any atom is -1.00 e. The summed E-state index contributed by atoms with van der Waals surface area (Å²) in [4.78, 5) is 0. The van der Waals surface area contributed by atoms with Crippen LogP contribution in [0, 0.1) is 0 Å². The molecule has 0 spiro atoms. The van der Waals surface area contributed by atoms with Crippen LogP contribution in [0.3, 0.4) is 0 Å². The van der Waals surface area contributed by atoms with Crippen LogP contribution in [0.2, 0.25) is 0 Å². The van der Waals surface area contributed by atoms with Crippen LogP contribution in [-0.4, -0.2) is 5.11 Å². The summed E-state index contributed by atoms with van der Waals surface area (Å²) < 4.78 is 0. The molecule has 2 rings (SSSR count). The van der Waals surface area contributed by atoms with Crippen molar-refractivity contribution in [3.63, 3.8) is 0 Å². The molecule has 0 saturated heterocycles. The third-order valence-electron chi connectivity index (χ3n) is 4.80. The van der Waals surface area contributed by atoms with Crippen LogP contribution in [0.25, 0.3) is 0 Å². The number of hydrogen-bond donors (Lipinski definition) is 1. The third-order valence-corrected chi connectivity index (χ3v) is 4.80. The summed E-state index contributed by atoms with van der Waals surface area (Å²) in [6, 6.07) is 6.17. The predicted molar refractivity (Wildman–Crippen MR) is 86.3 cm³/mol. The van der Waals surface area contributed by atoms with Crippen LogP contribution in [0.1, 0.15) is 65.5 Å². The number of allylic oxidation sites excluding steroid dienone is 4. The van der Waals surface area contributed by atoms with Gasteiger partial charge in [-0.3, -0.25) is 0 Å². The first kappa shape index (κ1) is 25.0. The summed E-state index contributed by atoms with van der Waals surface area (Å²) in [5.74, 6) is 0.698. The molecule has 1 N–H and O–H groups in total. The van der Waals surface area contributed by atoms with Gasteiger partial charge in [0.1, 0.15) is 5.75 Å². The molecule has 1 aromatic carbocycles. The van der Waals surface area contributed by atoms with Gasteiger partial charge in [-0.05, 0) is 49.8 Å². The molecule has 126 valence electrons. The summed E-state index contributed by atoms with van der Waals surface area (Å²) in [7, 11) is 0. The number of phenolic OH excluding ortho intramolecular Hbond substituents is 1. The number of para-hydroxylation sites is 1. The van der Waals surface area contributed by atoms with Crippen LogP contribution in [0.15, 0.2) is 40.5 Å². The average molecular weight is 389 g/mol. The number of hydrogen-bond acceptors (Lipinski definition) is 1. The van der Waals surface area contributed by atoms with Gasteiger partial charge < -0.3 is 29.9 Å². The van der Waals surface area contributed by atoms with Gasteiger partial charge in [0, 0.05) is 11.5 Å². The molecule has 0 radical (unpaired) electrons. The van der Waals surface area contributed by atoms with Crippen molar-refractivity contribution in [1.82, 2.24) is 0 Å². The Labute approximate surface area is 168 Å². The van der Waals surface area contributed by atoms with Crippen molar-refractivity contribution in [2.45, 2.75) is 59.8 Å². The third kappa shape index (κ3) is 4.45. The summed E-state index contributed by atoms with van der Waals surface area (Å²) in [5, 5.41) is 10.7. The molecule has 4 heteroatoms. The zero-order chi connectivity index (χ0) is 15.2.